The molecule has 0 spiro atoms. The molecule has 1 aliphatic carbocycles. The van der Waals surface area contributed by atoms with E-state index in [9.17, 15) is 8.78 Å². The van der Waals surface area contributed by atoms with Gasteiger partial charge in [0.1, 0.15) is 5.69 Å². The molecule has 2 rings (SSSR count). The van der Waals surface area contributed by atoms with Crippen LogP contribution in [0.5, 0.6) is 0 Å². The molecule has 0 atom stereocenters. The molecule has 1 aliphatic rings. The van der Waals surface area contributed by atoms with Gasteiger partial charge in [-0.25, -0.2) is 8.78 Å². The highest BCUT2D eigenvalue weighted by molar-refractivity contribution is 5.19. The summed E-state index contributed by atoms with van der Waals surface area (Å²) >= 11 is 0. The minimum atomic E-state index is -2.42. The van der Waals surface area contributed by atoms with E-state index in [-0.39, 0.29) is 11.7 Å². The van der Waals surface area contributed by atoms with Crippen LogP contribution < -0.4 is 0 Å². The van der Waals surface area contributed by atoms with Gasteiger partial charge in [0, 0.05) is 12.0 Å². The van der Waals surface area contributed by atoms with Crippen molar-refractivity contribution in [2.45, 2.75) is 45.1 Å². The number of rotatable bonds is 3. The molecule has 1 aromatic rings. The molecular weight excluding hydrogens is 186 g/mol. The Morgan fingerprint density at radius 2 is 2.07 bits per heavy atom. The van der Waals surface area contributed by atoms with Crippen LogP contribution in [0.4, 0.5) is 8.78 Å². The van der Waals surface area contributed by atoms with Crippen LogP contribution in [0, 0.1) is 0 Å². The average Bonchev–Trinajstić information content (AvgIpc) is 2.83. The Labute approximate surface area is 81.9 Å². The van der Waals surface area contributed by atoms with Gasteiger partial charge in [-0.1, -0.05) is 0 Å². The summed E-state index contributed by atoms with van der Waals surface area (Å²) in [5.41, 5.74) is 0.899. The first-order chi connectivity index (χ1) is 6.59. The summed E-state index contributed by atoms with van der Waals surface area (Å²) in [6.07, 6.45) is -0.229. The minimum absolute atomic E-state index is 0.00602. The van der Waals surface area contributed by atoms with Gasteiger partial charge in [0.15, 0.2) is 0 Å². The lowest BCUT2D eigenvalue weighted by Crippen LogP contribution is -2.07. The van der Waals surface area contributed by atoms with Crippen LogP contribution in [0.15, 0.2) is 6.07 Å². The lowest BCUT2D eigenvalue weighted by Gasteiger charge is -2.09. The fraction of sp³-hybridized carbons (Fsp3) is 0.700. The zero-order chi connectivity index (χ0) is 10.3. The first-order valence-electron chi connectivity index (χ1n) is 4.97. The number of alkyl halides is 2. The van der Waals surface area contributed by atoms with Crippen molar-refractivity contribution in [1.29, 1.82) is 0 Å². The Morgan fingerprint density at radius 1 is 1.43 bits per heavy atom. The lowest BCUT2D eigenvalue weighted by atomic mass is 10.2. The second-order valence-electron chi connectivity index (χ2n) is 4.11. The predicted molar refractivity (Wildman–Crippen MR) is 49.5 cm³/mol. The average molecular weight is 200 g/mol. The third kappa shape index (κ3) is 1.65. The van der Waals surface area contributed by atoms with Crippen molar-refractivity contribution >= 4 is 0 Å². The second kappa shape index (κ2) is 3.33. The summed E-state index contributed by atoms with van der Waals surface area (Å²) in [6, 6.07) is 1.56. The van der Waals surface area contributed by atoms with E-state index in [0.717, 1.165) is 18.5 Å². The topological polar surface area (TPSA) is 17.8 Å². The van der Waals surface area contributed by atoms with E-state index in [4.69, 9.17) is 0 Å². The molecule has 78 valence electrons. The predicted octanol–water partition coefficient (Wildman–Crippen LogP) is 3.28. The molecular formula is C10H14F2N2. The zero-order valence-electron chi connectivity index (χ0n) is 8.37. The number of hydrogen-bond acceptors (Lipinski definition) is 1. The van der Waals surface area contributed by atoms with E-state index >= 15 is 0 Å². The van der Waals surface area contributed by atoms with Gasteiger partial charge < -0.3 is 0 Å². The molecule has 0 unspecified atom stereocenters. The SMILES string of the molecule is CC(C)n1nc(C2CC2)cc1C(F)F. The van der Waals surface area contributed by atoms with E-state index in [1.54, 1.807) is 6.07 Å². The maximum atomic E-state index is 12.6. The first-order valence-corrected chi connectivity index (χ1v) is 4.97. The van der Waals surface area contributed by atoms with Crippen molar-refractivity contribution in [2.75, 3.05) is 0 Å². The molecule has 0 amide bonds. The van der Waals surface area contributed by atoms with Crippen LogP contribution in [0.25, 0.3) is 0 Å². The van der Waals surface area contributed by atoms with Gasteiger partial charge in [-0.05, 0) is 32.8 Å². The van der Waals surface area contributed by atoms with Crippen LogP contribution in [-0.2, 0) is 0 Å². The lowest BCUT2D eigenvalue weighted by molar-refractivity contribution is 0.137. The Bertz CT molecular complexity index is 301. The van der Waals surface area contributed by atoms with Crippen LogP contribution in [0.3, 0.4) is 0 Å². The molecule has 0 radical (unpaired) electrons. The van der Waals surface area contributed by atoms with Crippen molar-refractivity contribution in [2.24, 2.45) is 0 Å². The standard InChI is InChI=1S/C10H14F2N2/c1-6(2)14-9(10(11)12)5-8(13-14)7-3-4-7/h5-7,10H,3-4H2,1-2H3. The summed E-state index contributed by atoms with van der Waals surface area (Å²) in [5, 5.41) is 4.23. The third-order valence-corrected chi connectivity index (χ3v) is 2.49. The quantitative estimate of drug-likeness (QED) is 0.732. The Hall–Kier alpha value is -0.930. The molecule has 0 aromatic carbocycles. The number of aromatic nitrogens is 2. The molecule has 2 nitrogen and oxygen atoms in total. The van der Waals surface area contributed by atoms with Gasteiger partial charge in [0.05, 0.1) is 5.69 Å². The Balaban J connectivity index is 2.34. The molecule has 0 N–H and O–H groups in total. The van der Waals surface area contributed by atoms with Crippen molar-refractivity contribution in [3.05, 3.63) is 17.5 Å². The normalized spacial score (nSPS) is 17.0. The summed E-state index contributed by atoms with van der Waals surface area (Å²) in [6.45, 7) is 3.74. The summed E-state index contributed by atoms with van der Waals surface area (Å²) < 4.78 is 26.7. The summed E-state index contributed by atoms with van der Waals surface area (Å²) in [5.74, 6) is 0.437. The zero-order valence-corrected chi connectivity index (χ0v) is 8.37. The van der Waals surface area contributed by atoms with Gasteiger partial charge in [0.25, 0.3) is 6.43 Å². The largest absolute Gasteiger partial charge is 0.280 e. The molecule has 1 fully saturated rings. The highest BCUT2D eigenvalue weighted by Gasteiger charge is 2.29. The van der Waals surface area contributed by atoms with Gasteiger partial charge in [-0.15, -0.1) is 0 Å². The maximum absolute atomic E-state index is 12.6. The highest BCUT2D eigenvalue weighted by Crippen LogP contribution is 2.40. The van der Waals surface area contributed by atoms with E-state index in [2.05, 4.69) is 5.10 Å². The molecule has 0 saturated heterocycles. The maximum Gasteiger partial charge on any atom is 0.280 e. The first kappa shape index (κ1) is 9.62. The fourth-order valence-electron chi connectivity index (χ4n) is 1.58. The minimum Gasteiger partial charge on any atom is -0.261 e. The van der Waals surface area contributed by atoms with E-state index in [1.165, 1.54) is 4.68 Å². The molecule has 1 saturated carbocycles. The van der Waals surface area contributed by atoms with E-state index in [0.29, 0.717) is 5.92 Å². The monoisotopic (exact) mass is 200 g/mol. The van der Waals surface area contributed by atoms with Crippen LogP contribution in [0.1, 0.15) is 56.5 Å². The van der Waals surface area contributed by atoms with Crippen LogP contribution >= 0.6 is 0 Å². The third-order valence-electron chi connectivity index (χ3n) is 2.49. The van der Waals surface area contributed by atoms with E-state index in [1.807, 2.05) is 13.8 Å². The van der Waals surface area contributed by atoms with Crippen molar-refractivity contribution < 1.29 is 8.78 Å². The van der Waals surface area contributed by atoms with Gasteiger partial charge in [0.2, 0.25) is 0 Å². The number of halogens is 2. The molecule has 1 heterocycles. The van der Waals surface area contributed by atoms with E-state index < -0.39 is 6.43 Å². The van der Waals surface area contributed by atoms with Gasteiger partial charge in [-0.2, -0.15) is 5.10 Å². The Morgan fingerprint density at radius 3 is 2.43 bits per heavy atom. The smallest absolute Gasteiger partial charge is 0.261 e. The van der Waals surface area contributed by atoms with Crippen molar-refractivity contribution in [3.8, 4) is 0 Å². The highest BCUT2D eigenvalue weighted by atomic mass is 19.3. The van der Waals surface area contributed by atoms with Gasteiger partial charge >= 0.3 is 0 Å². The molecule has 0 aliphatic heterocycles. The number of hydrogen-bond donors (Lipinski definition) is 0. The van der Waals surface area contributed by atoms with Crippen LogP contribution in [-0.4, -0.2) is 9.78 Å². The molecule has 0 bridgehead atoms. The number of nitrogens with zero attached hydrogens (tertiary/aromatic N) is 2. The van der Waals surface area contributed by atoms with Crippen molar-refractivity contribution in [1.82, 2.24) is 9.78 Å². The van der Waals surface area contributed by atoms with Crippen LogP contribution in [0.2, 0.25) is 0 Å². The molecule has 4 heteroatoms. The Kier molecular flexibility index (Phi) is 2.29. The summed E-state index contributed by atoms with van der Waals surface area (Å²) in [4.78, 5) is 0. The molecule has 14 heavy (non-hydrogen) atoms. The fourth-order valence-corrected chi connectivity index (χ4v) is 1.58. The molecule has 1 aromatic heterocycles. The second-order valence-corrected chi connectivity index (χ2v) is 4.11. The van der Waals surface area contributed by atoms with Gasteiger partial charge in [-0.3, -0.25) is 4.68 Å². The van der Waals surface area contributed by atoms with Crippen molar-refractivity contribution in [3.63, 3.8) is 0 Å². The summed E-state index contributed by atoms with van der Waals surface area (Å²) in [7, 11) is 0.